The van der Waals surface area contributed by atoms with E-state index in [-0.39, 0.29) is 5.69 Å². The molecule has 1 heterocycles. The summed E-state index contributed by atoms with van der Waals surface area (Å²) in [5.74, 6) is -0.543. The van der Waals surface area contributed by atoms with Gasteiger partial charge in [0.1, 0.15) is 10.0 Å². The molecule has 0 aliphatic heterocycles. The number of rotatable bonds is 2. The van der Waals surface area contributed by atoms with Crippen molar-refractivity contribution in [3.8, 4) is 10.6 Å². The number of methoxy groups -OCH3 is 1. The normalized spacial score (nSPS) is 10.4. The molecule has 0 saturated heterocycles. The van der Waals surface area contributed by atoms with Crippen LogP contribution in [-0.4, -0.2) is 18.1 Å². The summed E-state index contributed by atoms with van der Waals surface area (Å²) in [5.41, 5.74) is 7.60. The Balaban J connectivity index is 2.53. The van der Waals surface area contributed by atoms with Crippen molar-refractivity contribution < 1.29 is 9.53 Å². The summed E-state index contributed by atoms with van der Waals surface area (Å²) in [6.45, 7) is 1.91. The minimum Gasteiger partial charge on any atom is -0.464 e. The average molecular weight is 283 g/mol. The van der Waals surface area contributed by atoms with Gasteiger partial charge in [-0.15, -0.1) is 0 Å². The van der Waals surface area contributed by atoms with Crippen molar-refractivity contribution >= 4 is 33.9 Å². The molecule has 0 atom stereocenters. The van der Waals surface area contributed by atoms with Crippen LogP contribution in [0, 0.1) is 6.92 Å². The highest BCUT2D eigenvalue weighted by molar-refractivity contribution is 7.19. The number of halogens is 1. The Morgan fingerprint density at radius 1 is 1.50 bits per heavy atom. The third kappa shape index (κ3) is 2.19. The number of benzene rings is 1. The third-order valence-corrected chi connectivity index (χ3v) is 3.87. The van der Waals surface area contributed by atoms with Crippen LogP contribution in [0.5, 0.6) is 0 Å². The zero-order chi connectivity index (χ0) is 13.3. The van der Waals surface area contributed by atoms with Gasteiger partial charge in [-0.05, 0) is 12.5 Å². The molecule has 4 nitrogen and oxygen atoms in total. The van der Waals surface area contributed by atoms with Gasteiger partial charge in [0.15, 0.2) is 5.69 Å². The highest BCUT2D eigenvalue weighted by atomic mass is 35.5. The molecule has 1 aromatic heterocycles. The number of ether oxygens (including phenoxy) is 1. The van der Waals surface area contributed by atoms with E-state index in [9.17, 15) is 4.79 Å². The second-order valence-corrected chi connectivity index (χ2v) is 5.07. The van der Waals surface area contributed by atoms with Crippen LogP contribution < -0.4 is 5.73 Å². The van der Waals surface area contributed by atoms with Gasteiger partial charge in [0.2, 0.25) is 0 Å². The van der Waals surface area contributed by atoms with Crippen LogP contribution in [-0.2, 0) is 4.74 Å². The molecule has 0 unspecified atom stereocenters. The quantitative estimate of drug-likeness (QED) is 0.860. The zero-order valence-electron chi connectivity index (χ0n) is 9.86. The number of aryl methyl sites for hydroxylation is 1. The van der Waals surface area contributed by atoms with Crippen LogP contribution in [0.15, 0.2) is 18.2 Å². The Morgan fingerprint density at radius 2 is 2.22 bits per heavy atom. The summed E-state index contributed by atoms with van der Waals surface area (Å²) >= 11 is 7.43. The Kier molecular flexibility index (Phi) is 3.54. The maximum Gasteiger partial charge on any atom is 0.359 e. The highest BCUT2D eigenvalue weighted by Gasteiger charge is 2.19. The van der Waals surface area contributed by atoms with Crippen LogP contribution in [0.2, 0.25) is 5.02 Å². The Labute approximate surface area is 113 Å². The number of nitrogen functional groups attached to an aromatic ring is 1. The summed E-state index contributed by atoms with van der Waals surface area (Å²) < 4.78 is 4.61. The number of carbonyl (C=O) groups excluding carboxylic acids is 1. The van der Waals surface area contributed by atoms with Gasteiger partial charge in [-0.1, -0.05) is 41.1 Å². The predicted octanol–water partition coefficient (Wildman–Crippen LogP) is 3.14. The SMILES string of the molecule is COC(=O)c1nc(-c2cccc(C)c2Cl)sc1N. The average Bonchev–Trinajstić information content (AvgIpc) is 2.73. The smallest absolute Gasteiger partial charge is 0.359 e. The highest BCUT2D eigenvalue weighted by Crippen LogP contribution is 2.35. The summed E-state index contributed by atoms with van der Waals surface area (Å²) in [5, 5.41) is 1.55. The van der Waals surface area contributed by atoms with Crippen molar-refractivity contribution in [2.45, 2.75) is 6.92 Å². The van der Waals surface area contributed by atoms with Crippen molar-refractivity contribution in [2.75, 3.05) is 12.8 Å². The topological polar surface area (TPSA) is 65.2 Å². The van der Waals surface area contributed by atoms with Crippen molar-refractivity contribution in [1.29, 1.82) is 0 Å². The molecule has 0 spiro atoms. The molecular weight excluding hydrogens is 272 g/mol. The van der Waals surface area contributed by atoms with Crippen molar-refractivity contribution in [3.63, 3.8) is 0 Å². The Hall–Kier alpha value is -1.59. The third-order valence-electron chi connectivity index (χ3n) is 2.45. The van der Waals surface area contributed by atoms with E-state index in [4.69, 9.17) is 17.3 Å². The van der Waals surface area contributed by atoms with Gasteiger partial charge in [0.05, 0.1) is 12.1 Å². The molecule has 0 fully saturated rings. The molecule has 94 valence electrons. The van der Waals surface area contributed by atoms with E-state index in [0.717, 1.165) is 11.1 Å². The van der Waals surface area contributed by atoms with Crippen LogP contribution >= 0.6 is 22.9 Å². The summed E-state index contributed by atoms with van der Waals surface area (Å²) in [4.78, 5) is 15.6. The number of thiazole rings is 1. The molecule has 0 bridgehead atoms. The zero-order valence-corrected chi connectivity index (χ0v) is 11.4. The second-order valence-electron chi connectivity index (χ2n) is 3.66. The van der Waals surface area contributed by atoms with E-state index in [1.165, 1.54) is 18.4 Å². The maximum atomic E-state index is 11.4. The number of hydrogen-bond donors (Lipinski definition) is 1. The summed E-state index contributed by atoms with van der Waals surface area (Å²) in [6.07, 6.45) is 0. The van der Waals surface area contributed by atoms with Gasteiger partial charge in [-0.2, -0.15) is 0 Å². The Bertz CT molecular complexity index is 610. The minimum absolute atomic E-state index is 0.134. The van der Waals surface area contributed by atoms with Crippen LogP contribution in [0.1, 0.15) is 16.1 Å². The van der Waals surface area contributed by atoms with Gasteiger partial charge in [0.25, 0.3) is 0 Å². The standard InChI is InChI=1S/C12H11ClN2O2S/c1-6-4-3-5-7(8(6)13)11-15-9(10(14)18-11)12(16)17-2/h3-5H,14H2,1-2H3. The first kappa shape index (κ1) is 12.9. The molecule has 0 radical (unpaired) electrons. The lowest BCUT2D eigenvalue weighted by Crippen LogP contribution is -2.04. The molecule has 0 saturated carbocycles. The fourth-order valence-electron chi connectivity index (χ4n) is 1.50. The maximum absolute atomic E-state index is 11.4. The second kappa shape index (κ2) is 4.96. The molecule has 2 N–H and O–H groups in total. The number of esters is 1. The summed E-state index contributed by atoms with van der Waals surface area (Å²) in [6, 6.07) is 5.63. The molecular formula is C12H11ClN2O2S. The fraction of sp³-hybridized carbons (Fsp3) is 0.167. The number of nitrogens with zero attached hydrogens (tertiary/aromatic N) is 1. The lowest BCUT2D eigenvalue weighted by Gasteiger charge is -2.02. The van der Waals surface area contributed by atoms with Gasteiger partial charge >= 0.3 is 5.97 Å². The largest absolute Gasteiger partial charge is 0.464 e. The molecule has 0 aliphatic carbocycles. The number of nitrogens with two attached hydrogens (primary N) is 1. The predicted molar refractivity (Wildman–Crippen MR) is 73.0 cm³/mol. The molecule has 6 heteroatoms. The van der Waals surface area contributed by atoms with Crippen LogP contribution in [0.3, 0.4) is 0 Å². The number of aromatic nitrogens is 1. The summed E-state index contributed by atoms with van der Waals surface area (Å²) in [7, 11) is 1.29. The first-order valence-corrected chi connectivity index (χ1v) is 6.34. The van der Waals surface area contributed by atoms with E-state index < -0.39 is 5.97 Å². The first-order chi connectivity index (χ1) is 8.54. The molecule has 2 rings (SSSR count). The molecule has 1 aromatic carbocycles. The number of anilines is 1. The van der Waals surface area contributed by atoms with E-state index in [1.54, 1.807) is 0 Å². The van der Waals surface area contributed by atoms with Crippen molar-refractivity contribution in [2.24, 2.45) is 0 Å². The Morgan fingerprint density at radius 3 is 2.89 bits per heavy atom. The van der Waals surface area contributed by atoms with E-state index in [0.29, 0.717) is 15.0 Å². The van der Waals surface area contributed by atoms with E-state index in [2.05, 4.69) is 9.72 Å². The molecule has 0 aliphatic rings. The number of carbonyl (C=O) groups is 1. The molecule has 2 aromatic rings. The van der Waals surface area contributed by atoms with E-state index >= 15 is 0 Å². The fourth-order valence-corrected chi connectivity index (χ4v) is 2.63. The van der Waals surface area contributed by atoms with Gasteiger partial charge in [0, 0.05) is 5.56 Å². The van der Waals surface area contributed by atoms with Crippen molar-refractivity contribution in [3.05, 3.63) is 34.5 Å². The number of hydrogen-bond acceptors (Lipinski definition) is 5. The van der Waals surface area contributed by atoms with E-state index in [1.807, 2.05) is 25.1 Å². The van der Waals surface area contributed by atoms with Gasteiger partial charge in [-0.25, -0.2) is 9.78 Å². The van der Waals surface area contributed by atoms with Crippen LogP contribution in [0.4, 0.5) is 5.00 Å². The van der Waals surface area contributed by atoms with Gasteiger partial charge < -0.3 is 10.5 Å². The molecule has 0 amide bonds. The van der Waals surface area contributed by atoms with Crippen LogP contribution in [0.25, 0.3) is 10.6 Å². The first-order valence-electron chi connectivity index (χ1n) is 5.14. The molecule has 18 heavy (non-hydrogen) atoms. The lowest BCUT2D eigenvalue weighted by atomic mass is 10.1. The monoisotopic (exact) mass is 282 g/mol. The van der Waals surface area contributed by atoms with Crippen molar-refractivity contribution in [1.82, 2.24) is 4.98 Å². The lowest BCUT2D eigenvalue weighted by molar-refractivity contribution is 0.0596. The minimum atomic E-state index is -0.543. The van der Waals surface area contributed by atoms with Gasteiger partial charge in [-0.3, -0.25) is 0 Å².